The molecule has 1 N–H and O–H groups in total. The van der Waals surface area contributed by atoms with Crippen LogP contribution in [-0.2, 0) is 9.53 Å². The fraction of sp³-hybridized carbons (Fsp3) is 0.167. The van der Waals surface area contributed by atoms with E-state index in [0.717, 1.165) is 18.2 Å². The van der Waals surface area contributed by atoms with Crippen molar-refractivity contribution >= 4 is 23.7 Å². The van der Waals surface area contributed by atoms with Gasteiger partial charge in [0.2, 0.25) is 0 Å². The van der Waals surface area contributed by atoms with Gasteiger partial charge in [0.25, 0.3) is 5.69 Å². The average molecular weight is 265 g/mol. The normalized spacial score (nSPS) is 10.4. The molecule has 0 bridgehead atoms. The van der Waals surface area contributed by atoms with Crippen LogP contribution < -0.4 is 0 Å². The Hall–Kier alpha value is -2.70. The zero-order valence-electron chi connectivity index (χ0n) is 10.0. The van der Waals surface area contributed by atoms with Gasteiger partial charge in [0.15, 0.2) is 0 Å². The summed E-state index contributed by atoms with van der Waals surface area (Å²) in [4.78, 5) is 32.0. The molecule has 7 heteroatoms. The number of aliphatic carboxylic acids is 1. The second kappa shape index (κ2) is 6.29. The van der Waals surface area contributed by atoms with E-state index in [2.05, 4.69) is 0 Å². The summed E-state index contributed by atoms with van der Waals surface area (Å²) >= 11 is 0. The smallest absolute Gasteiger partial charge is 0.338 e. The highest BCUT2D eigenvalue weighted by molar-refractivity contribution is 5.91. The minimum Gasteiger partial charge on any atom is -0.478 e. The number of ether oxygens (including phenoxy) is 1. The van der Waals surface area contributed by atoms with E-state index in [0.29, 0.717) is 0 Å². The fourth-order valence-electron chi connectivity index (χ4n) is 1.35. The van der Waals surface area contributed by atoms with Crippen molar-refractivity contribution in [3.63, 3.8) is 0 Å². The summed E-state index contributed by atoms with van der Waals surface area (Å²) in [6.45, 7) is 1.78. The number of rotatable bonds is 5. The van der Waals surface area contributed by atoms with Gasteiger partial charge in [-0.3, -0.25) is 10.1 Å². The molecule has 0 radical (unpaired) electrons. The number of carboxylic acids is 1. The number of carbonyl (C=O) groups excluding carboxylic acids is 1. The van der Waals surface area contributed by atoms with Gasteiger partial charge in [-0.2, -0.15) is 0 Å². The molecule has 0 aromatic heterocycles. The molecule has 0 fully saturated rings. The van der Waals surface area contributed by atoms with Crippen LogP contribution in [0, 0.1) is 10.1 Å². The molecule has 0 aliphatic heterocycles. The van der Waals surface area contributed by atoms with E-state index >= 15 is 0 Å². The number of carboxylic acid groups (broad SMARTS) is 1. The molecule has 0 aliphatic carbocycles. The first kappa shape index (κ1) is 14.4. The second-order valence-corrected chi connectivity index (χ2v) is 3.42. The summed E-state index contributed by atoms with van der Waals surface area (Å²) in [6, 6.07) is 3.69. The van der Waals surface area contributed by atoms with E-state index < -0.39 is 16.9 Å². The monoisotopic (exact) mass is 265 g/mol. The first-order valence-electron chi connectivity index (χ1n) is 5.32. The molecule has 0 saturated carbocycles. The number of hydrogen-bond donors (Lipinski definition) is 1. The predicted octanol–water partition coefficient (Wildman–Crippen LogP) is 1.87. The van der Waals surface area contributed by atoms with Crippen molar-refractivity contribution in [3.05, 3.63) is 45.5 Å². The summed E-state index contributed by atoms with van der Waals surface area (Å²) in [5.41, 5.74) is -0.218. The van der Waals surface area contributed by atoms with Crippen molar-refractivity contribution in [2.24, 2.45) is 0 Å². The zero-order valence-corrected chi connectivity index (χ0v) is 10.0. The van der Waals surface area contributed by atoms with Crippen LogP contribution in [0.4, 0.5) is 5.69 Å². The Morgan fingerprint density at radius 2 is 2.16 bits per heavy atom. The third-order valence-corrected chi connectivity index (χ3v) is 2.14. The Labute approximate surface area is 108 Å². The topological polar surface area (TPSA) is 107 Å². The van der Waals surface area contributed by atoms with Crippen LogP contribution in [0.5, 0.6) is 0 Å². The Kier molecular flexibility index (Phi) is 4.76. The lowest BCUT2D eigenvalue weighted by Crippen LogP contribution is -2.05. The number of carbonyl (C=O) groups is 2. The molecule has 1 aromatic rings. The van der Waals surface area contributed by atoms with Gasteiger partial charge >= 0.3 is 11.9 Å². The van der Waals surface area contributed by atoms with Crippen molar-refractivity contribution in [2.75, 3.05) is 6.61 Å². The standard InChI is InChI=1S/C12H11NO6/c1-2-19-12(16)9-4-3-8(5-6-11(14)15)10(7-9)13(17)18/h3-7H,2H2,1H3,(H,14,15). The first-order valence-corrected chi connectivity index (χ1v) is 5.32. The highest BCUT2D eigenvalue weighted by Crippen LogP contribution is 2.22. The molecular weight excluding hydrogens is 254 g/mol. The van der Waals surface area contributed by atoms with Gasteiger partial charge in [-0.05, 0) is 25.1 Å². The summed E-state index contributed by atoms with van der Waals surface area (Å²) in [7, 11) is 0. The SMILES string of the molecule is CCOC(=O)c1ccc(C=CC(=O)O)c([N+](=O)[O-])c1. The van der Waals surface area contributed by atoms with Crippen molar-refractivity contribution in [1.82, 2.24) is 0 Å². The maximum Gasteiger partial charge on any atom is 0.338 e. The molecule has 7 nitrogen and oxygen atoms in total. The van der Waals surface area contributed by atoms with Crippen LogP contribution >= 0.6 is 0 Å². The van der Waals surface area contributed by atoms with Crippen LogP contribution in [0.3, 0.4) is 0 Å². The van der Waals surface area contributed by atoms with E-state index in [1.54, 1.807) is 6.92 Å². The molecule has 100 valence electrons. The lowest BCUT2D eigenvalue weighted by molar-refractivity contribution is -0.385. The van der Waals surface area contributed by atoms with E-state index in [9.17, 15) is 19.7 Å². The van der Waals surface area contributed by atoms with Crippen molar-refractivity contribution in [3.8, 4) is 0 Å². The molecule has 1 aromatic carbocycles. The maximum absolute atomic E-state index is 11.4. The van der Waals surface area contributed by atoms with Crippen LogP contribution in [0.2, 0.25) is 0 Å². The number of hydrogen-bond acceptors (Lipinski definition) is 5. The zero-order chi connectivity index (χ0) is 14.4. The van der Waals surface area contributed by atoms with Gasteiger partial charge in [0.1, 0.15) is 0 Å². The molecule has 19 heavy (non-hydrogen) atoms. The highest BCUT2D eigenvalue weighted by Gasteiger charge is 2.16. The third-order valence-electron chi connectivity index (χ3n) is 2.14. The van der Waals surface area contributed by atoms with Gasteiger partial charge in [0, 0.05) is 12.1 Å². The van der Waals surface area contributed by atoms with Crippen molar-refractivity contribution in [2.45, 2.75) is 6.92 Å². The molecule has 0 spiro atoms. The summed E-state index contributed by atoms with van der Waals surface area (Å²) in [5.74, 6) is -1.89. The molecule has 0 heterocycles. The van der Waals surface area contributed by atoms with E-state index in [4.69, 9.17) is 9.84 Å². The third kappa shape index (κ3) is 3.91. The molecule has 0 aliphatic rings. The Balaban J connectivity index is 3.18. The van der Waals surface area contributed by atoms with Crippen LogP contribution in [0.1, 0.15) is 22.8 Å². The number of nitro groups is 1. The van der Waals surface area contributed by atoms with Gasteiger partial charge < -0.3 is 9.84 Å². The van der Waals surface area contributed by atoms with Gasteiger partial charge in [-0.15, -0.1) is 0 Å². The number of nitro benzene ring substituents is 1. The molecular formula is C12H11NO6. The van der Waals surface area contributed by atoms with E-state index in [-0.39, 0.29) is 23.4 Å². The maximum atomic E-state index is 11.4. The Morgan fingerprint density at radius 1 is 1.47 bits per heavy atom. The summed E-state index contributed by atoms with van der Waals surface area (Å²) in [6.07, 6.45) is 1.88. The lowest BCUT2D eigenvalue weighted by Gasteiger charge is -2.03. The lowest BCUT2D eigenvalue weighted by atomic mass is 10.1. The van der Waals surface area contributed by atoms with E-state index in [1.165, 1.54) is 12.1 Å². The van der Waals surface area contributed by atoms with E-state index in [1.807, 2.05) is 0 Å². The highest BCUT2D eigenvalue weighted by atomic mass is 16.6. The van der Waals surface area contributed by atoms with Crippen LogP contribution in [0.15, 0.2) is 24.3 Å². The average Bonchev–Trinajstić information content (AvgIpc) is 2.36. The van der Waals surface area contributed by atoms with Crippen LogP contribution in [0.25, 0.3) is 6.08 Å². The molecule has 0 unspecified atom stereocenters. The predicted molar refractivity (Wildman–Crippen MR) is 65.7 cm³/mol. The second-order valence-electron chi connectivity index (χ2n) is 3.42. The number of benzene rings is 1. The van der Waals surface area contributed by atoms with Crippen LogP contribution in [-0.4, -0.2) is 28.6 Å². The molecule has 1 rings (SSSR count). The van der Waals surface area contributed by atoms with Gasteiger partial charge in [0.05, 0.1) is 22.7 Å². The van der Waals surface area contributed by atoms with Crippen molar-refractivity contribution < 1.29 is 24.4 Å². The molecule has 0 saturated heterocycles. The van der Waals surface area contributed by atoms with Crippen molar-refractivity contribution in [1.29, 1.82) is 0 Å². The Morgan fingerprint density at radius 3 is 2.68 bits per heavy atom. The largest absolute Gasteiger partial charge is 0.478 e. The Bertz CT molecular complexity index is 549. The quantitative estimate of drug-likeness (QED) is 0.377. The van der Waals surface area contributed by atoms with Gasteiger partial charge in [-0.1, -0.05) is 0 Å². The minimum absolute atomic E-state index is 0.0426. The fourth-order valence-corrected chi connectivity index (χ4v) is 1.35. The summed E-state index contributed by atoms with van der Waals surface area (Å²) in [5, 5.41) is 19.4. The number of nitrogens with zero attached hydrogens (tertiary/aromatic N) is 1. The first-order chi connectivity index (χ1) is 8.95. The minimum atomic E-state index is -1.22. The number of esters is 1. The molecule has 0 atom stereocenters. The molecule has 0 amide bonds. The van der Waals surface area contributed by atoms with Gasteiger partial charge in [-0.25, -0.2) is 9.59 Å². The summed E-state index contributed by atoms with van der Waals surface area (Å²) < 4.78 is 4.73.